The van der Waals surface area contributed by atoms with Crippen molar-refractivity contribution in [2.24, 2.45) is 0 Å². The van der Waals surface area contributed by atoms with E-state index in [9.17, 15) is 13.5 Å². The smallest absolute Gasteiger partial charge is 0.206 e. The SMILES string of the molecule is Cc1cccc2c1S(=O)(=O)C(C(C)O)=C2. The standard InChI is InChI=1S/C11H12O3S/c1-7-4-3-5-9-6-10(8(2)12)15(13,14)11(7)9/h3-6,8,12H,1-2H3. The van der Waals surface area contributed by atoms with E-state index < -0.39 is 15.9 Å². The van der Waals surface area contributed by atoms with Crippen molar-refractivity contribution in [3.63, 3.8) is 0 Å². The summed E-state index contributed by atoms with van der Waals surface area (Å²) in [6.07, 6.45) is 0.587. The Hall–Kier alpha value is -1.13. The van der Waals surface area contributed by atoms with Gasteiger partial charge in [0.2, 0.25) is 9.84 Å². The van der Waals surface area contributed by atoms with Crippen LogP contribution < -0.4 is 0 Å². The van der Waals surface area contributed by atoms with E-state index in [-0.39, 0.29) is 4.91 Å². The first-order chi connectivity index (χ1) is 6.94. The van der Waals surface area contributed by atoms with E-state index in [4.69, 9.17) is 0 Å². The van der Waals surface area contributed by atoms with Crippen molar-refractivity contribution in [2.45, 2.75) is 24.8 Å². The van der Waals surface area contributed by atoms with Gasteiger partial charge in [-0.05, 0) is 31.1 Å². The van der Waals surface area contributed by atoms with Crippen LogP contribution in [0.25, 0.3) is 6.08 Å². The van der Waals surface area contributed by atoms with E-state index in [0.29, 0.717) is 10.5 Å². The maximum Gasteiger partial charge on any atom is 0.206 e. The van der Waals surface area contributed by atoms with Crippen LogP contribution in [-0.4, -0.2) is 19.6 Å². The van der Waals surface area contributed by atoms with Crippen LogP contribution in [0.3, 0.4) is 0 Å². The molecule has 15 heavy (non-hydrogen) atoms. The van der Waals surface area contributed by atoms with E-state index in [1.165, 1.54) is 6.92 Å². The van der Waals surface area contributed by atoms with Crippen molar-refractivity contribution in [3.05, 3.63) is 34.2 Å². The first-order valence-corrected chi connectivity index (χ1v) is 6.17. The number of aliphatic hydroxyl groups is 1. The highest BCUT2D eigenvalue weighted by Gasteiger charge is 2.33. The van der Waals surface area contributed by atoms with Gasteiger partial charge in [-0.1, -0.05) is 18.2 Å². The maximum atomic E-state index is 12.0. The second-order valence-electron chi connectivity index (χ2n) is 3.72. The van der Waals surface area contributed by atoms with Crippen LogP contribution in [0.1, 0.15) is 18.1 Å². The summed E-state index contributed by atoms with van der Waals surface area (Å²) in [4.78, 5) is 0.424. The predicted octanol–water partition coefficient (Wildman–Crippen LogP) is 1.50. The molecule has 1 atom stereocenters. The van der Waals surface area contributed by atoms with Gasteiger partial charge in [-0.2, -0.15) is 0 Å². The lowest BCUT2D eigenvalue weighted by Crippen LogP contribution is -2.12. The Morgan fingerprint density at radius 3 is 2.53 bits per heavy atom. The molecule has 4 heteroatoms. The Balaban J connectivity index is 2.75. The third-order valence-electron chi connectivity index (χ3n) is 2.53. The molecule has 1 aliphatic heterocycles. The van der Waals surface area contributed by atoms with E-state index in [1.54, 1.807) is 25.1 Å². The molecule has 0 saturated carbocycles. The largest absolute Gasteiger partial charge is 0.388 e. The van der Waals surface area contributed by atoms with Crippen LogP contribution in [-0.2, 0) is 9.84 Å². The van der Waals surface area contributed by atoms with Gasteiger partial charge in [0, 0.05) is 0 Å². The van der Waals surface area contributed by atoms with Crippen LogP contribution in [0.2, 0.25) is 0 Å². The molecule has 0 aromatic heterocycles. The molecule has 0 saturated heterocycles. The van der Waals surface area contributed by atoms with Gasteiger partial charge in [0.15, 0.2) is 0 Å². The molecule has 1 aromatic rings. The number of rotatable bonds is 1. The monoisotopic (exact) mass is 224 g/mol. The number of benzene rings is 1. The van der Waals surface area contributed by atoms with E-state index in [2.05, 4.69) is 0 Å². The zero-order valence-corrected chi connectivity index (χ0v) is 9.38. The molecule has 1 aliphatic rings. The van der Waals surface area contributed by atoms with Crippen molar-refractivity contribution >= 4 is 15.9 Å². The van der Waals surface area contributed by atoms with Crippen molar-refractivity contribution in [1.82, 2.24) is 0 Å². The van der Waals surface area contributed by atoms with Crippen molar-refractivity contribution in [1.29, 1.82) is 0 Å². The van der Waals surface area contributed by atoms with Gasteiger partial charge in [0.25, 0.3) is 0 Å². The van der Waals surface area contributed by atoms with Crippen molar-refractivity contribution in [2.75, 3.05) is 0 Å². The molecule has 2 rings (SSSR count). The summed E-state index contributed by atoms with van der Waals surface area (Å²) in [5.41, 5.74) is 1.39. The Labute approximate surface area is 89.0 Å². The lowest BCUT2D eigenvalue weighted by Gasteiger charge is -2.07. The third-order valence-corrected chi connectivity index (χ3v) is 4.71. The topological polar surface area (TPSA) is 54.4 Å². The van der Waals surface area contributed by atoms with Crippen LogP contribution in [0.4, 0.5) is 0 Å². The zero-order valence-electron chi connectivity index (χ0n) is 8.56. The fraction of sp³-hybridized carbons (Fsp3) is 0.273. The van der Waals surface area contributed by atoms with Crippen LogP contribution >= 0.6 is 0 Å². The highest BCUT2D eigenvalue weighted by Crippen LogP contribution is 2.36. The number of hydrogen-bond donors (Lipinski definition) is 1. The van der Waals surface area contributed by atoms with Gasteiger partial charge < -0.3 is 5.11 Å². The molecule has 0 radical (unpaired) electrons. The third kappa shape index (κ3) is 1.41. The summed E-state index contributed by atoms with van der Waals surface area (Å²) in [6, 6.07) is 5.32. The van der Waals surface area contributed by atoms with E-state index >= 15 is 0 Å². The lowest BCUT2D eigenvalue weighted by molar-refractivity contribution is 0.240. The summed E-state index contributed by atoms with van der Waals surface area (Å²) in [7, 11) is -3.47. The van der Waals surface area contributed by atoms with Gasteiger partial charge in [0.1, 0.15) is 0 Å². The second kappa shape index (κ2) is 3.18. The molecule has 1 heterocycles. The molecular weight excluding hydrogens is 212 g/mol. The molecule has 1 aromatic carbocycles. The molecule has 0 amide bonds. The van der Waals surface area contributed by atoms with Crippen LogP contribution in [0.15, 0.2) is 28.0 Å². The first-order valence-electron chi connectivity index (χ1n) is 4.69. The normalized spacial score (nSPS) is 19.5. The average Bonchev–Trinajstić information content (AvgIpc) is 2.39. The maximum absolute atomic E-state index is 12.0. The Bertz CT molecular complexity index is 539. The number of hydrogen-bond acceptors (Lipinski definition) is 3. The number of fused-ring (bicyclic) bond motifs is 1. The fourth-order valence-electron chi connectivity index (χ4n) is 1.85. The van der Waals surface area contributed by atoms with Gasteiger partial charge in [-0.3, -0.25) is 0 Å². The van der Waals surface area contributed by atoms with Gasteiger partial charge in [-0.15, -0.1) is 0 Å². The summed E-state index contributed by atoms with van der Waals surface area (Å²) in [5, 5.41) is 9.40. The van der Waals surface area contributed by atoms with Crippen LogP contribution in [0, 0.1) is 6.92 Å². The van der Waals surface area contributed by atoms with Gasteiger partial charge in [0.05, 0.1) is 15.9 Å². The molecule has 1 unspecified atom stereocenters. The van der Waals surface area contributed by atoms with Crippen molar-refractivity contribution in [3.8, 4) is 0 Å². The quantitative estimate of drug-likeness (QED) is 0.786. The van der Waals surface area contributed by atoms with Crippen LogP contribution in [0.5, 0.6) is 0 Å². The Morgan fingerprint density at radius 2 is 2.00 bits per heavy atom. The lowest BCUT2D eigenvalue weighted by atomic mass is 10.1. The summed E-state index contributed by atoms with van der Waals surface area (Å²) in [5.74, 6) is 0. The van der Waals surface area contributed by atoms with Gasteiger partial charge >= 0.3 is 0 Å². The minimum absolute atomic E-state index is 0.0896. The van der Waals surface area contributed by atoms with Crippen molar-refractivity contribution < 1.29 is 13.5 Å². The van der Waals surface area contributed by atoms with Gasteiger partial charge in [-0.25, -0.2) is 8.42 Å². The minimum Gasteiger partial charge on any atom is -0.388 e. The zero-order chi connectivity index (χ0) is 11.2. The Kier molecular flexibility index (Phi) is 2.20. The fourth-order valence-corrected chi connectivity index (χ4v) is 3.75. The molecular formula is C11H12O3S. The highest BCUT2D eigenvalue weighted by molar-refractivity contribution is 7.96. The molecule has 0 fully saturated rings. The number of aryl methyl sites for hydroxylation is 1. The molecule has 0 aliphatic carbocycles. The second-order valence-corrected chi connectivity index (χ2v) is 5.61. The molecule has 3 nitrogen and oxygen atoms in total. The molecule has 0 spiro atoms. The molecule has 80 valence electrons. The summed E-state index contributed by atoms with van der Waals surface area (Å²) < 4.78 is 24.0. The predicted molar refractivity (Wildman–Crippen MR) is 58.0 cm³/mol. The highest BCUT2D eigenvalue weighted by atomic mass is 32.2. The number of aliphatic hydroxyl groups excluding tert-OH is 1. The average molecular weight is 224 g/mol. The Morgan fingerprint density at radius 1 is 1.33 bits per heavy atom. The minimum atomic E-state index is -3.47. The summed E-state index contributed by atoms with van der Waals surface area (Å²) in [6.45, 7) is 3.22. The summed E-state index contributed by atoms with van der Waals surface area (Å²) >= 11 is 0. The molecule has 1 N–H and O–H groups in total. The van der Waals surface area contributed by atoms with E-state index in [1.807, 2.05) is 6.07 Å². The van der Waals surface area contributed by atoms with E-state index in [0.717, 1.165) is 5.56 Å². The number of sulfone groups is 1. The first kappa shape index (κ1) is 10.4. The molecule has 0 bridgehead atoms.